The van der Waals surface area contributed by atoms with Crippen LogP contribution in [0.4, 0.5) is 0 Å². The molecule has 1 atom stereocenters. The number of hydrogen-bond donors (Lipinski definition) is 2. The number of carboxylic acid groups (broad SMARTS) is 1. The Balaban J connectivity index is 4.56. The number of nitriles is 1. The number of aliphatic carboxylic acids is 1. The summed E-state index contributed by atoms with van der Waals surface area (Å²) in [5.74, 6) is -1.74. The lowest BCUT2D eigenvalue weighted by Crippen LogP contribution is -2.48. The quantitative estimate of drug-likeness (QED) is 0.481. The molecule has 1 unspecified atom stereocenters. The molecule has 2 N–H and O–H groups in total. The van der Waals surface area contributed by atoms with Crippen LogP contribution in [0, 0.1) is 11.5 Å². The fraction of sp³-hybridized carbons (Fsp3) is 0.636. The number of likely N-dealkylation sites (N-methyl/N-ethyl adjacent to an activating group) is 1. The number of carbonyl (C=O) groups excluding carboxylic acids is 2. The molecule has 0 rings (SSSR count). The van der Waals surface area contributed by atoms with E-state index in [-0.39, 0.29) is 19.4 Å². The summed E-state index contributed by atoms with van der Waals surface area (Å²) in [6.45, 7) is 1.88. The third kappa shape index (κ3) is 6.67. The molecule has 0 aromatic heterocycles. The average Bonchev–Trinajstić information content (AvgIpc) is 2.37. The smallest absolute Gasteiger partial charge is 0.303 e. The van der Waals surface area contributed by atoms with Crippen molar-refractivity contribution in [3.63, 3.8) is 0 Å². The van der Waals surface area contributed by atoms with Crippen LogP contribution in [0.1, 0.15) is 19.8 Å². The van der Waals surface area contributed by atoms with E-state index in [9.17, 15) is 14.4 Å². The zero-order valence-corrected chi connectivity index (χ0v) is 11.7. The SMILES string of the molecule is CCN(C#N)C(=O)C(CSC)NC(=O)CCC(=O)O. The molecule has 0 aromatic carbocycles. The summed E-state index contributed by atoms with van der Waals surface area (Å²) < 4.78 is 0. The molecule has 106 valence electrons. The van der Waals surface area contributed by atoms with Gasteiger partial charge in [-0.15, -0.1) is 0 Å². The molecule has 7 nitrogen and oxygen atoms in total. The van der Waals surface area contributed by atoms with Crippen LogP contribution < -0.4 is 5.32 Å². The predicted molar refractivity (Wildman–Crippen MR) is 70.2 cm³/mol. The first kappa shape index (κ1) is 17.2. The molecular weight excluding hydrogens is 270 g/mol. The van der Waals surface area contributed by atoms with Gasteiger partial charge in [0.15, 0.2) is 6.19 Å². The molecule has 8 heteroatoms. The van der Waals surface area contributed by atoms with Gasteiger partial charge in [0.1, 0.15) is 6.04 Å². The summed E-state index contributed by atoms with van der Waals surface area (Å²) in [5.41, 5.74) is 0. The molecule has 0 bridgehead atoms. The van der Waals surface area contributed by atoms with Crippen molar-refractivity contribution in [3.05, 3.63) is 0 Å². The first-order valence-electron chi connectivity index (χ1n) is 5.67. The van der Waals surface area contributed by atoms with Crippen molar-refractivity contribution in [2.24, 2.45) is 0 Å². The van der Waals surface area contributed by atoms with E-state index in [4.69, 9.17) is 10.4 Å². The predicted octanol–water partition coefficient (Wildman–Crippen LogP) is 0.0286. The Morgan fingerprint density at radius 3 is 2.47 bits per heavy atom. The van der Waals surface area contributed by atoms with Crippen molar-refractivity contribution in [2.45, 2.75) is 25.8 Å². The van der Waals surface area contributed by atoms with E-state index in [1.165, 1.54) is 11.8 Å². The van der Waals surface area contributed by atoms with Gasteiger partial charge < -0.3 is 10.4 Å². The van der Waals surface area contributed by atoms with Gasteiger partial charge in [-0.1, -0.05) is 0 Å². The van der Waals surface area contributed by atoms with Crippen molar-refractivity contribution in [1.29, 1.82) is 5.26 Å². The lowest BCUT2D eigenvalue weighted by Gasteiger charge is -2.20. The van der Waals surface area contributed by atoms with Crippen LogP contribution in [0.15, 0.2) is 0 Å². The molecule has 0 radical (unpaired) electrons. The number of nitrogens with zero attached hydrogens (tertiary/aromatic N) is 2. The van der Waals surface area contributed by atoms with E-state index in [1.54, 1.807) is 19.4 Å². The van der Waals surface area contributed by atoms with Gasteiger partial charge in [0.2, 0.25) is 5.91 Å². The maximum absolute atomic E-state index is 11.9. The Hall–Kier alpha value is -1.75. The fourth-order valence-electron chi connectivity index (χ4n) is 1.29. The van der Waals surface area contributed by atoms with E-state index >= 15 is 0 Å². The first-order chi connectivity index (χ1) is 8.96. The van der Waals surface area contributed by atoms with E-state index in [0.29, 0.717) is 5.75 Å². The molecule has 0 aromatic rings. The van der Waals surface area contributed by atoms with Gasteiger partial charge in [0.05, 0.1) is 6.42 Å². The molecule has 2 amide bonds. The maximum Gasteiger partial charge on any atom is 0.303 e. The van der Waals surface area contributed by atoms with Crippen molar-refractivity contribution >= 4 is 29.5 Å². The summed E-state index contributed by atoms with van der Waals surface area (Å²) in [6.07, 6.45) is 3.03. The van der Waals surface area contributed by atoms with Crippen LogP contribution >= 0.6 is 11.8 Å². The van der Waals surface area contributed by atoms with Crippen LogP contribution in [0.3, 0.4) is 0 Å². The lowest BCUT2D eigenvalue weighted by atomic mass is 10.2. The molecule has 0 saturated carbocycles. The number of thioether (sulfide) groups is 1. The minimum atomic E-state index is -1.07. The fourth-order valence-corrected chi connectivity index (χ4v) is 1.85. The van der Waals surface area contributed by atoms with Gasteiger partial charge in [-0.05, 0) is 13.2 Å². The van der Waals surface area contributed by atoms with E-state index in [2.05, 4.69) is 5.32 Å². The molecule has 0 aliphatic rings. The van der Waals surface area contributed by atoms with Gasteiger partial charge in [0, 0.05) is 18.7 Å². The standard InChI is InChI=1S/C11H17N3O4S/c1-3-14(7-12)11(18)8(6-19-2)13-9(15)4-5-10(16)17/h8H,3-6H2,1-2H3,(H,13,15)(H,16,17). The summed E-state index contributed by atoms with van der Waals surface area (Å²) in [6, 6.07) is -0.809. The molecule has 0 saturated heterocycles. The normalized spacial score (nSPS) is 11.2. The largest absolute Gasteiger partial charge is 0.481 e. The molecule has 0 heterocycles. The van der Waals surface area contributed by atoms with Crippen LogP contribution in [0.25, 0.3) is 0 Å². The molecular formula is C11H17N3O4S. The second kappa shape index (κ2) is 9.22. The monoisotopic (exact) mass is 287 g/mol. The highest BCUT2D eigenvalue weighted by Gasteiger charge is 2.24. The van der Waals surface area contributed by atoms with Crippen LogP contribution in [-0.2, 0) is 14.4 Å². The number of nitrogens with one attached hydrogen (secondary N) is 1. The van der Waals surface area contributed by atoms with Gasteiger partial charge in [-0.3, -0.25) is 14.4 Å². The van der Waals surface area contributed by atoms with Gasteiger partial charge in [-0.2, -0.15) is 17.0 Å². The Bertz CT molecular complexity index is 381. The summed E-state index contributed by atoms with van der Waals surface area (Å²) in [5, 5.41) is 19.7. The van der Waals surface area contributed by atoms with Crippen molar-refractivity contribution < 1.29 is 19.5 Å². The van der Waals surface area contributed by atoms with Gasteiger partial charge in [0.25, 0.3) is 5.91 Å². The Labute approximate surface area is 115 Å². The van der Waals surface area contributed by atoms with Crippen LogP contribution in [-0.4, -0.2) is 52.4 Å². The van der Waals surface area contributed by atoms with Crippen LogP contribution in [0.2, 0.25) is 0 Å². The van der Waals surface area contributed by atoms with Crippen LogP contribution in [0.5, 0.6) is 0 Å². The minimum absolute atomic E-state index is 0.188. The van der Waals surface area contributed by atoms with Gasteiger partial charge in [-0.25, -0.2) is 4.90 Å². The molecule has 0 spiro atoms. The molecule has 0 aliphatic heterocycles. The maximum atomic E-state index is 11.9. The van der Waals surface area contributed by atoms with Crippen molar-refractivity contribution in [2.75, 3.05) is 18.6 Å². The molecule has 0 aliphatic carbocycles. The number of hydrogen-bond acceptors (Lipinski definition) is 5. The third-order valence-electron chi connectivity index (χ3n) is 2.24. The highest BCUT2D eigenvalue weighted by atomic mass is 32.2. The second-order valence-electron chi connectivity index (χ2n) is 3.65. The highest BCUT2D eigenvalue weighted by Crippen LogP contribution is 2.03. The zero-order valence-electron chi connectivity index (χ0n) is 10.9. The Kier molecular flexibility index (Phi) is 8.37. The summed E-state index contributed by atoms with van der Waals surface area (Å²) in [7, 11) is 0. The number of rotatable bonds is 8. The highest BCUT2D eigenvalue weighted by molar-refractivity contribution is 7.98. The van der Waals surface area contributed by atoms with Gasteiger partial charge >= 0.3 is 5.97 Å². The lowest BCUT2D eigenvalue weighted by molar-refractivity contribution is -0.139. The number of carbonyl (C=O) groups is 3. The first-order valence-corrected chi connectivity index (χ1v) is 7.06. The minimum Gasteiger partial charge on any atom is -0.481 e. The average molecular weight is 287 g/mol. The second-order valence-corrected chi connectivity index (χ2v) is 4.56. The summed E-state index contributed by atoms with van der Waals surface area (Å²) >= 11 is 1.35. The van der Waals surface area contributed by atoms with Crippen molar-refractivity contribution in [3.8, 4) is 6.19 Å². The molecule has 0 fully saturated rings. The molecule has 19 heavy (non-hydrogen) atoms. The van der Waals surface area contributed by atoms with E-state index in [0.717, 1.165) is 4.90 Å². The third-order valence-corrected chi connectivity index (χ3v) is 2.90. The zero-order chi connectivity index (χ0) is 14.8. The Morgan fingerprint density at radius 1 is 1.42 bits per heavy atom. The van der Waals surface area contributed by atoms with E-state index in [1.807, 2.05) is 0 Å². The number of carboxylic acids is 1. The van der Waals surface area contributed by atoms with E-state index < -0.39 is 23.8 Å². The summed E-state index contributed by atoms with van der Waals surface area (Å²) in [4.78, 5) is 34.7. The Morgan fingerprint density at radius 2 is 2.05 bits per heavy atom. The topological polar surface area (TPSA) is 111 Å². The number of amides is 2. The van der Waals surface area contributed by atoms with Crippen molar-refractivity contribution in [1.82, 2.24) is 10.2 Å².